The van der Waals surface area contributed by atoms with Crippen molar-refractivity contribution in [3.63, 3.8) is 0 Å². The number of hydrogen-bond donors (Lipinski definition) is 1. The van der Waals surface area contributed by atoms with Gasteiger partial charge in [-0.3, -0.25) is 18.7 Å². The van der Waals surface area contributed by atoms with E-state index in [0.717, 1.165) is 6.07 Å². The van der Waals surface area contributed by atoms with Crippen LogP contribution in [-0.2, 0) is 26.5 Å². The molecule has 160 valence electrons. The first-order valence-corrected chi connectivity index (χ1v) is 9.47. The summed E-state index contributed by atoms with van der Waals surface area (Å²) in [6, 6.07) is 21.0. The summed E-state index contributed by atoms with van der Waals surface area (Å²) in [5.74, 6) is -1.33. The molecule has 0 saturated carbocycles. The Morgan fingerprint density at radius 3 is 2.16 bits per heavy atom. The fourth-order valence-electron chi connectivity index (χ4n) is 3.45. The number of para-hydroxylation sites is 1. The summed E-state index contributed by atoms with van der Waals surface area (Å²) in [6.07, 6.45) is 1.54. The second-order valence-electron chi connectivity index (χ2n) is 7.48. The molecular weight excluding hydrogens is 577 g/mol. The number of nitrogens with zero attached hydrogens (tertiary/aromatic N) is 2. The second-order valence-corrected chi connectivity index (χ2v) is 7.48. The van der Waals surface area contributed by atoms with Gasteiger partial charge in [-0.1, -0.05) is 73.5 Å². The van der Waals surface area contributed by atoms with Crippen LogP contribution in [0.5, 0.6) is 5.75 Å². The fourth-order valence-corrected chi connectivity index (χ4v) is 3.45. The van der Waals surface area contributed by atoms with E-state index in [1.165, 1.54) is 0 Å². The second kappa shape index (κ2) is 9.07. The molecule has 0 unspecified atom stereocenters. The zero-order valence-corrected chi connectivity index (χ0v) is 19.1. The summed E-state index contributed by atoms with van der Waals surface area (Å²) in [5, 5.41) is 10.3. The number of aromatic nitrogens is 2. The van der Waals surface area contributed by atoms with Crippen LogP contribution >= 0.6 is 0 Å². The van der Waals surface area contributed by atoms with E-state index in [0.29, 0.717) is 22.6 Å². The van der Waals surface area contributed by atoms with Crippen LogP contribution in [0.25, 0.3) is 22.5 Å². The topological polar surface area (TPSA) is 46.0 Å². The van der Waals surface area contributed by atoms with Gasteiger partial charge in [0.25, 0.3) is 0 Å². The summed E-state index contributed by atoms with van der Waals surface area (Å²) >= 11 is 0. The van der Waals surface area contributed by atoms with Gasteiger partial charge in [-0.25, -0.2) is 0 Å². The summed E-state index contributed by atoms with van der Waals surface area (Å²) in [7, 11) is 0. The fraction of sp³-hybridized carbons (Fsp3) is 0.120. The van der Waals surface area contributed by atoms with E-state index in [-0.39, 0.29) is 37.9 Å². The number of halogens is 2. The van der Waals surface area contributed by atoms with Gasteiger partial charge in [0.1, 0.15) is 5.75 Å². The van der Waals surface area contributed by atoms with E-state index in [1.54, 1.807) is 48.7 Å². The zero-order valence-electron chi connectivity index (χ0n) is 16.8. The van der Waals surface area contributed by atoms with Crippen LogP contribution in [0.3, 0.4) is 0 Å². The van der Waals surface area contributed by atoms with E-state index in [4.69, 9.17) is 0 Å². The van der Waals surface area contributed by atoms with E-state index >= 15 is 0 Å². The molecule has 6 heteroatoms. The van der Waals surface area contributed by atoms with Crippen molar-refractivity contribution < 1.29 is 35.0 Å². The maximum Gasteiger partial charge on any atom is 0.119 e. The number of hydrogen-bond acceptors (Lipinski definition) is 3. The Hall–Kier alpha value is -2.91. The molecule has 0 atom stereocenters. The molecule has 3 nitrogen and oxygen atoms in total. The smallest absolute Gasteiger partial charge is 0.119 e. The van der Waals surface area contributed by atoms with E-state index in [2.05, 4.69) is 16.0 Å². The Labute approximate surface area is 194 Å². The monoisotopic (exact) mass is 596 g/mol. The molecule has 0 bridgehead atoms. The number of pyridine rings is 2. The molecule has 0 fully saturated rings. The zero-order chi connectivity index (χ0) is 21.3. The van der Waals surface area contributed by atoms with Crippen molar-refractivity contribution in [1.29, 1.82) is 0 Å². The van der Waals surface area contributed by atoms with E-state index in [1.807, 2.05) is 32.0 Å². The third-order valence-electron chi connectivity index (χ3n) is 5.13. The summed E-state index contributed by atoms with van der Waals surface area (Å²) in [4.78, 5) is 8.77. The van der Waals surface area contributed by atoms with Gasteiger partial charge in [0.05, 0.1) is 11.6 Å². The summed E-state index contributed by atoms with van der Waals surface area (Å²) < 4.78 is 29.1. The minimum atomic E-state index is -0.753. The molecular formula is C25H19F2N2OPt-. The van der Waals surface area contributed by atoms with Crippen molar-refractivity contribution in [2.24, 2.45) is 0 Å². The van der Waals surface area contributed by atoms with Gasteiger partial charge in [0.2, 0.25) is 0 Å². The van der Waals surface area contributed by atoms with Gasteiger partial charge in [-0.2, -0.15) is 0 Å². The van der Waals surface area contributed by atoms with Gasteiger partial charge in [-0.05, 0) is 18.2 Å². The van der Waals surface area contributed by atoms with Crippen molar-refractivity contribution in [1.82, 2.24) is 9.97 Å². The van der Waals surface area contributed by atoms with Crippen LogP contribution in [0.4, 0.5) is 8.78 Å². The first-order chi connectivity index (χ1) is 14.4. The van der Waals surface area contributed by atoms with Crippen molar-refractivity contribution >= 4 is 0 Å². The number of phenolic OH excluding ortho intramolecular Hbond substituents is 1. The molecule has 31 heavy (non-hydrogen) atoms. The molecule has 0 aliphatic carbocycles. The van der Waals surface area contributed by atoms with Crippen LogP contribution in [0.1, 0.15) is 25.1 Å². The Kier molecular flexibility index (Phi) is 6.66. The number of benzene rings is 2. The molecule has 2 aromatic heterocycles. The average molecular weight is 597 g/mol. The van der Waals surface area contributed by atoms with E-state index in [9.17, 15) is 13.9 Å². The third-order valence-corrected chi connectivity index (χ3v) is 5.13. The predicted octanol–water partition coefficient (Wildman–Crippen LogP) is 5.92. The quantitative estimate of drug-likeness (QED) is 0.298. The molecule has 0 aliphatic heterocycles. The van der Waals surface area contributed by atoms with Crippen LogP contribution in [-0.4, -0.2) is 15.1 Å². The van der Waals surface area contributed by atoms with Crippen molar-refractivity contribution in [2.75, 3.05) is 0 Å². The summed E-state index contributed by atoms with van der Waals surface area (Å²) in [6.45, 7) is 3.86. The standard InChI is InChI=1S/C25H19F2N2O.Pt/c1-25(2,18-8-3-4-11-23(18)30)24-12-7-10-22(29-24)17-14-16(19(26)15-20(17)27)21-9-5-6-13-28-21;/h3-13,15,30H,1-2H3;/q-1;. The maximum atomic E-state index is 14.7. The number of phenols is 1. The van der Waals surface area contributed by atoms with Gasteiger partial charge < -0.3 is 5.11 Å². The number of aromatic hydroxyl groups is 1. The molecule has 1 N–H and O–H groups in total. The Balaban J connectivity index is 0.00000272. The van der Waals surface area contributed by atoms with Gasteiger partial charge >= 0.3 is 0 Å². The first-order valence-electron chi connectivity index (χ1n) is 9.47. The molecule has 2 aromatic carbocycles. The summed E-state index contributed by atoms with van der Waals surface area (Å²) in [5.41, 5.74) is 1.53. The molecule has 0 spiro atoms. The Morgan fingerprint density at radius 1 is 0.839 bits per heavy atom. The maximum absolute atomic E-state index is 14.7. The third kappa shape index (κ3) is 4.42. The molecule has 0 amide bonds. The van der Waals surface area contributed by atoms with Crippen molar-refractivity contribution in [2.45, 2.75) is 19.3 Å². The molecule has 4 rings (SSSR count). The van der Waals surface area contributed by atoms with Gasteiger partial charge in [0, 0.05) is 55.3 Å². The van der Waals surface area contributed by atoms with Crippen molar-refractivity contribution in [3.05, 3.63) is 102 Å². The minimum Gasteiger partial charge on any atom is -0.508 e. The minimum absolute atomic E-state index is 0. The van der Waals surface area contributed by atoms with E-state index < -0.39 is 17.0 Å². The van der Waals surface area contributed by atoms with Crippen LogP contribution in [0.15, 0.2) is 72.9 Å². The molecule has 0 radical (unpaired) electrons. The van der Waals surface area contributed by atoms with Gasteiger partial charge in [-0.15, -0.1) is 6.07 Å². The first kappa shape index (κ1) is 22.8. The Bertz CT molecular complexity index is 1210. The average Bonchev–Trinajstić information content (AvgIpc) is 2.75. The largest absolute Gasteiger partial charge is 0.508 e. The number of rotatable bonds is 4. The Morgan fingerprint density at radius 2 is 1.48 bits per heavy atom. The molecule has 0 aliphatic rings. The molecule has 4 aromatic rings. The van der Waals surface area contributed by atoms with Crippen molar-refractivity contribution in [3.8, 4) is 28.3 Å². The SMILES string of the molecule is CC(C)(c1cccc(-c2[c-]c(-c3ccccn3)c(F)cc2F)n1)c1ccccc1O.[Pt]. The van der Waals surface area contributed by atoms with Crippen LogP contribution in [0, 0.1) is 17.7 Å². The molecule has 0 saturated heterocycles. The normalized spacial score (nSPS) is 11.1. The van der Waals surface area contributed by atoms with Crippen LogP contribution in [0.2, 0.25) is 0 Å². The molecule has 2 heterocycles. The van der Waals surface area contributed by atoms with Crippen LogP contribution < -0.4 is 0 Å². The predicted molar refractivity (Wildman–Crippen MR) is 112 cm³/mol. The van der Waals surface area contributed by atoms with Gasteiger partial charge in [0.15, 0.2) is 0 Å².